The van der Waals surface area contributed by atoms with Crippen molar-refractivity contribution in [3.8, 4) is 0 Å². The van der Waals surface area contributed by atoms with Crippen molar-refractivity contribution in [1.29, 1.82) is 0 Å². The molecule has 0 aromatic heterocycles. The second kappa shape index (κ2) is 3.31. The maximum absolute atomic E-state index is 4.77. The van der Waals surface area contributed by atoms with Crippen molar-refractivity contribution in [2.24, 2.45) is 11.3 Å². The van der Waals surface area contributed by atoms with Gasteiger partial charge in [-0.1, -0.05) is 39.9 Å². The van der Waals surface area contributed by atoms with Gasteiger partial charge in [0.1, 0.15) is 0 Å². The molecule has 0 aromatic carbocycles. The van der Waals surface area contributed by atoms with Gasteiger partial charge in [0.25, 0.3) is 0 Å². The van der Waals surface area contributed by atoms with Gasteiger partial charge in [0, 0.05) is 0 Å². The van der Waals surface area contributed by atoms with Gasteiger partial charge in [-0.2, -0.15) is 0 Å². The molecule has 9 heavy (non-hydrogen) atoms. The summed E-state index contributed by atoms with van der Waals surface area (Å²) in [4.78, 5) is 0. The van der Waals surface area contributed by atoms with Gasteiger partial charge in [0.15, 0.2) is 0 Å². The molecule has 1 atom stereocenters. The van der Waals surface area contributed by atoms with Gasteiger partial charge in [-0.15, -0.1) is 0 Å². The second-order valence-corrected chi connectivity index (χ2v) is 4.00. The molecule has 0 aromatic rings. The predicted octanol–water partition coefficient (Wildman–Crippen LogP) is 3.06. The summed E-state index contributed by atoms with van der Waals surface area (Å²) >= 11 is 4.77. The molecule has 0 radical (unpaired) electrons. The van der Waals surface area contributed by atoms with E-state index in [0.717, 1.165) is 6.42 Å². The summed E-state index contributed by atoms with van der Waals surface area (Å²) in [5.74, 6) is 0.704. The molecule has 0 saturated carbocycles. The fourth-order valence-electron chi connectivity index (χ4n) is 0.498. The van der Waals surface area contributed by atoms with E-state index in [-0.39, 0.29) is 0 Å². The summed E-state index contributed by atoms with van der Waals surface area (Å²) in [5.41, 5.74) is 0.412. The molecule has 54 valence electrons. The lowest BCUT2D eigenvalue weighted by atomic mass is 9.81. The zero-order chi connectivity index (χ0) is 7.49. The van der Waals surface area contributed by atoms with E-state index in [4.69, 9.17) is 12.2 Å². The van der Waals surface area contributed by atoms with E-state index in [0.29, 0.717) is 11.3 Å². The molecule has 0 aliphatic heterocycles. The largest absolute Gasteiger partial charge is 0.0935 e. The Labute approximate surface area is 63.7 Å². The molecule has 0 aliphatic rings. The van der Waals surface area contributed by atoms with Crippen LogP contribution in [0.4, 0.5) is 0 Å². The molecule has 0 saturated heterocycles. The molecule has 0 rings (SSSR count). The molecule has 1 heteroatoms. The molecule has 0 heterocycles. The van der Waals surface area contributed by atoms with Crippen molar-refractivity contribution in [2.45, 2.75) is 34.1 Å². The van der Waals surface area contributed by atoms with Gasteiger partial charge in [-0.05, 0) is 23.1 Å². The molecule has 0 spiro atoms. The number of hydrogen-bond acceptors (Lipinski definition) is 1. The summed E-state index contributed by atoms with van der Waals surface area (Å²) in [6.45, 7) is 8.98. The minimum Gasteiger partial charge on any atom is -0.0935 e. The topological polar surface area (TPSA) is 0 Å². The Morgan fingerprint density at radius 1 is 1.44 bits per heavy atom. The van der Waals surface area contributed by atoms with Crippen LogP contribution in [-0.4, -0.2) is 5.37 Å². The first kappa shape index (κ1) is 9.09. The lowest BCUT2D eigenvalue weighted by Crippen LogP contribution is -2.16. The zero-order valence-electron chi connectivity index (χ0n) is 6.77. The first-order valence-corrected chi connectivity index (χ1v) is 3.89. The van der Waals surface area contributed by atoms with Crippen molar-refractivity contribution in [3.63, 3.8) is 0 Å². The van der Waals surface area contributed by atoms with Crippen molar-refractivity contribution < 1.29 is 0 Å². The van der Waals surface area contributed by atoms with Crippen molar-refractivity contribution in [1.82, 2.24) is 0 Å². The molecular weight excluding hydrogens is 128 g/mol. The summed E-state index contributed by atoms with van der Waals surface area (Å²) in [6, 6.07) is 0. The first-order valence-electron chi connectivity index (χ1n) is 3.42. The van der Waals surface area contributed by atoms with Crippen LogP contribution in [0.25, 0.3) is 0 Å². The van der Waals surface area contributed by atoms with E-state index in [9.17, 15) is 0 Å². The molecule has 0 amide bonds. The highest BCUT2D eigenvalue weighted by atomic mass is 32.1. The lowest BCUT2D eigenvalue weighted by molar-refractivity contribution is 0.271. The zero-order valence-corrected chi connectivity index (χ0v) is 7.59. The molecule has 0 nitrogen and oxygen atoms in total. The first-order chi connectivity index (χ1) is 3.98. The average Bonchev–Trinajstić information content (AvgIpc) is 1.64. The van der Waals surface area contributed by atoms with Crippen LogP contribution >= 0.6 is 12.2 Å². The monoisotopic (exact) mass is 144 g/mol. The van der Waals surface area contributed by atoms with Gasteiger partial charge in [-0.3, -0.25) is 0 Å². The van der Waals surface area contributed by atoms with Crippen LogP contribution < -0.4 is 0 Å². The summed E-state index contributed by atoms with van der Waals surface area (Å²) in [5, 5.41) is 1.83. The van der Waals surface area contributed by atoms with E-state index in [1.54, 1.807) is 0 Å². The maximum atomic E-state index is 4.77. The number of rotatable bonds is 2. The van der Waals surface area contributed by atoms with Crippen LogP contribution in [0.2, 0.25) is 0 Å². The summed E-state index contributed by atoms with van der Waals surface area (Å²) in [7, 11) is 0. The SMILES string of the molecule is CC(CC=S)C(C)(C)C. The second-order valence-electron chi connectivity index (χ2n) is 3.67. The Bertz CT molecular complexity index is 89.2. The molecule has 0 fully saturated rings. The van der Waals surface area contributed by atoms with Crippen LogP contribution in [0.15, 0.2) is 0 Å². The Kier molecular flexibility index (Phi) is 3.34. The highest BCUT2D eigenvalue weighted by molar-refractivity contribution is 7.78. The minimum atomic E-state index is 0.412. The van der Waals surface area contributed by atoms with E-state index in [1.165, 1.54) is 0 Å². The minimum absolute atomic E-state index is 0.412. The average molecular weight is 144 g/mol. The summed E-state index contributed by atoms with van der Waals surface area (Å²) < 4.78 is 0. The van der Waals surface area contributed by atoms with Crippen LogP contribution in [-0.2, 0) is 0 Å². The summed E-state index contributed by atoms with van der Waals surface area (Å²) in [6.07, 6.45) is 1.05. The van der Waals surface area contributed by atoms with Gasteiger partial charge in [0.05, 0.1) is 0 Å². The molecule has 1 unspecified atom stereocenters. The third-order valence-corrected chi connectivity index (χ3v) is 2.12. The maximum Gasteiger partial charge on any atom is -0.0208 e. The standard InChI is InChI=1S/C8H16S/c1-7(5-6-9)8(2,3)4/h6-7H,5H2,1-4H3. The highest BCUT2D eigenvalue weighted by Crippen LogP contribution is 2.26. The Morgan fingerprint density at radius 3 is 2.00 bits per heavy atom. The Morgan fingerprint density at radius 2 is 1.89 bits per heavy atom. The molecular formula is C8H16S. The molecule has 0 aliphatic carbocycles. The molecule has 0 N–H and O–H groups in total. The Balaban J connectivity index is 3.72. The van der Waals surface area contributed by atoms with Crippen LogP contribution in [0.3, 0.4) is 0 Å². The third-order valence-electron chi connectivity index (χ3n) is 1.93. The van der Waals surface area contributed by atoms with Gasteiger partial charge in [0.2, 0.25) is 0 Å². The van der Waals surface area contributed by atoms with E-state index in [2.05, 4.69) is 27.7 Å². The Hall–Kier alpha value is 0.0900. The highest BCUT2D eigenvalue weighted by Gasteiger charge is 2.17. The smallest absolute Gasteiger partial charge is 0.0208 e. The quantitative estimate of drug-likeness (QED) is 0.537. The van der Waals surface area contributed by atoms with Crippen LogP contribution in [0, 0.1) is 11.3 Å². The molecule has 0 bridgehead atoms. The fraction of sp³-hybridized carbons (Fsp3) is 0.875. The van der Waals surface area contributed by atoms with Gasteiger partial charge >= 0.3 is 0 Å². The number of hydrogen-bond donors (Lipinski definition) is 0. The predicted molar refractivity (Wildman–Crippen MR) is 46.9 cm³/mol. The normalized spacial score (nSPS) is 15.1. The third kappa shape index (κ3) is 3.63. The van der Waals surface area contributed by atoms with E-state index < -0.39 is 0 Å². The van der Waals surface area contributed by atoms with Crippen LogP contribution in [0.5, 0.6) is 0 Å². The van der Waals surface area contributed by atoms with Gasteiger partial charge < -0.3 is 0 Å². The fourth-order valence-corrected chi connectivity index (χ4v) is 0.787. The van der Waals surface area contributed by atoms with Crippen molar-refractivity contribution >= 4 is 17.6 Å². The van der Waals surface area contributed by atoms with E-state index in [1.807, 2.05) is 5.37 Å². The van der Waals surface area contributed by atoms with Gasteiger partial charge in [-0.25, -0.2) is 0 Å². The van der Waals surface area contributed by atoms with Crippen molar-refractivity contribution in [3.05, 3.63) is 0 Å². The van der Waals surface area contributed by atoms with E-state index >= 15 is 0 Å². The van der Waals surface area contributed by atoms with Crippen molar-refractivity contribution in [2.75, 3.05) is 0 Å². The lowest BCUT2D eigenvalue weighted by Gasteiger charge is -2.25. The number of thiocarbonyl (C=S) groups is 1. The van der Waals surface area contributed by atoms with Crippen LogP contribution in [0.1, 0.15) is 34.1 Å².